The van der Waals surface area contributed by atoms with Crippen molar-refractivity contribution in [1.82, 2.24) is 0 Å². The van der Waals surface area contributed by atoms with Crippen LogP contribution < -0.4 is 9.47 Å². The zero-order chi connectivity index (χ0) is 18.3. The Balaban J connectivity index is 1.56. The molecule has 0 amide bonds. The lowest BCUT2D eigenvalue weighted by atomic mass is 9.85. The highest BCUT2D eigenvalue weighted by atomic mass is 16.5. The van der Waals surface area contributed by atoms with E-state index in [2.05, 4.69) is 0 Å². The van der Waals surface area contributed by atoms with Gasteiger partial charge in [0.05, 0.1) is 39.6 Å². The first kappa shape index (κ1) is 17.0. The van der Waals surface area contributed by atoms with Gasteiger partial charge in [0, 0.05) is 11.8 Å². The fourth-order valence-electron chi connectivity index (χ4n) is 4.00. The van der Waals surface area contributed by atoms with Crippen LogP contribution in [-0.4, -0.2) is 37.6 Å². The van der Waals surface area contributed by atoms with Gasteiger partial charge in [-0.1, -0.05) is 12.1 Å². The third kappa shape index (κ3) is 2.75. The molecule has 2 aromatic rings. The van der Waals surface area contributed by atoms with Crippen LogP contribution in [-0.2, 0) is 9.47 Å². The molecule has 2 saturated heterocycles. The summed E-state index contributed by atoms with van der Waals surface area (Å²) >= 11 is 0. The van der Waals surface area contributed by atoms with Gasteiger partial charge in [0.2, 0.25) is 0 Å². The Hall–Kier alpha value is -2.44. The monoisotopic (exact) mass is 358 g/mol. The molecule has 2 aliphatic heterocycles. The van der Waals surface area contributed by atoms with Gasteiger partial charge in [-0.3, -0.25) is 0 Å². The van der Waals surface area contributed by atoms with E-state index in [9.17, 15) is 10.2 Å². The molecule has 2 aromatic carbocycles. The van der Waals surface area contributed by atoms with Crippen molar-refractivity contribution in [1.29, 1.82) is 0 Å². The van der Waals surface area contributed by atoms with Gasteiger partial charge in [0.1, 0.15) is 0 Å². The predicted octanol–water partition coefficient (Wildman–Crippen LogP) is 3.19. The Morgan fingerprint density at radius 1 is 0.769 bits per heavy atom. The minimum absolute atomic E-state index is 0.104. The Morgan fingerprint density at radius 3 is 1.54 bits per heavy atom. The van der Waals surface area contributed by atoms with Crippen molar-refractivity contribution in [2.75, 3.05) is 27.4 Å². The van der Waals surface area contributed by atoms with Crippen LogP contribution in [0.3, 0.4) is 0 Å². The highest BCUT2D eigenvalue weighted by Gasteiger charge is 2.48. The highest BCUT2D eigenvalue weighted by molar-refractivity contribution is 5.44. The van der Waals surface area contributed by atoms with E-state index < -0.39 is 0 Å². The second-order valence-electron chi connectivity index (χ2n) is 6.70. The molecule has 0 radical (unpaired) electrons. The van der Waals surface area contributed by atoms with E-state index in [0.717, 1.165) is 11.1 Å². The standard InChI is InChI=1S/C20H22O6/c1-23-17-5-3-11(7-15(17)21)19-13-9-26-20(14(13)10-25-19)12-4-6-18(24-2)16(22)8-12/h3-8,13-14,19-22H,9-10H2,1-2H3/t13-,14+,19+,20-. The molecule has 0 aliphatic carbocycles. The van der Waals surface area contributed by atoms with Gasteiger partial charge in [0.25, 0.3) is 0 Å². The van der Waals surface area contributed by atoms with Crippen molar-refractivity contribution >= 4 is 0 Å². The van der Waals surface area contributed by atoms with Crippen LogP contribution in [0, 0.1) is 11.8 Å². The summed E-state index contributed by atoms with van der Waals surface area (Å²) in [4.78, 5) is 0. The van der Waals surface area contributed by atoms with Crippen molar-refractivity contribution in [3.8, 4) is 23.0 Å². The minimum atomic E-state index is -0.131. The molecule has 2 fully saturated rings. The van der Waals surface area contributed by atoms with E-state index in [1.165, 1.54) is 14.2 Å². The maximum Gasteiger partial charge on any atom is 0.160 e. The fraction of sp³-hybridized carbons (Fsp3) is 0.400. The van der Waals surface area contributed by atoms with Crippen LogP contribution in [0.4, 0.5) is 0 Å². The van der Waals surface area contributed by atoms with Crippen LogP contribution in [0.2, 0.25) is 0 Å². The fourth-order valence-corrected chi connectivity index (χ4v) is 4.00. The molecule has 6 heteroatoms. The third-order valence-corrected chi connectivity index (χ3v) is 5.33. The van der Waals surface area contributed by atoms with E-state index >= 15 is 0 Å². The first-order chi connectivity index (χ1) is 12.6. The second kappa shape index (κ2) is 6.70. The second-order valence-corrected chi connectivity index (χ2v) is 6.70. The maximum atomic E-state index is 10.1. The number of phenols is 2. The van der Waals surface area contributed by atoms with Gasteiger partial charge in [-0.05, 0) is 35.4 Å². The summed E-state index contributed by atoms with van der Waals surface area (Å²) in [6.07, 6.45) is -0.262. The summed E-state index contributed by atoms with van der Waals surface area (Å²) in [5, 5.41) is 20.1. The predicted molar refractivity (Wildman–Crippen MR) is 93.7 cm³/mol. The zero-order valence-electron chi connectivity index (χ0n) is 14.7. The van der Waals surface area contributed by atoms with E-state index in [-0.39, 0.29) is 35.5 Å². The molecule has 0 unspecified atom stereocenters. The molecule has 2 heterocycles. The molecule has 138 valence electrons. The van der Waals surface area contributed by atoms with Crippen LogP contribution in [0.25, 0.3) is 0 Å². The molecule has 26 heavy (non-hydrogen) atoms. The normalized spacial score (nSPS) is 27.3. The lowest BCUT2D eigenvalue weighted by molar-refractivity contribution is 0.0191. The first-order valence-corrected chi connectivity index (χ1v) is 8.59. The minimum Gasteiger partial charge on any atom is -0.504 e. The lowest BCUT2D eigenvalue weighted by Crippen LogP contribution is -2.14. The molecular formula is C20H22O6. The molecule has 2 aliphatic rings. The summed E-state index contributed by atoms with van der Waals surface area (Å²) in [6, 6.07) is 10.7. The smallest absolute Gasteiger partial charge is 0.160 e. The van der Waals surface area contributed by atoms with E-state index in [0.29, 0.717) is 24.7 Å². The summed E-state index contributed by atoms with van der Waals surface area (Å²) in [7, 11) is 3.05. The van der Waals surface area contributed by atoms with Crippen molar-refractivity contribution in [2.24, 2.45) is 11.8 Å². The quantitative estimate of drug-likeness (QED) is 0.874. The van der Waals surface area contributed by atoms with Crippen molar-refractivity contribution in [2.45, 2.75) is 12.2 Å². The summed E-state index contributed by atoms with van der Waals surface area (Å²) in [5.74, 6) is 1.48. The topological polar surface area (TPSA) is 77.4 Å². The number of ether oxygens (including phenoxy) is 4. The molecule has 4 atom stereocenters. The average molecular weight is 358 g/mol. The number of hydrogen-bond donors (Lipinski definition) is 2. The Morgan fingerprint density at radius 2 is 1.19 bits per heavy atom. The van der Waals surface area contributed by atoms with Gasteiger partial charge >= 0.3 is 0 Å². The summed E-state index contributed by atoms with van der Waals surface area (Å²) in [5.41, 5.74) is 1.83. The summed E-state index contributed by atoms with van der Waals surface area (Å²) < 4.78 is 22.3. The van der Waals surface area contributed by atoms with Crippen LogP contribution in [0.1, 0.15) is 23.3 Å². The number of aromatic hydroxyl groups is 2. The Labute approximate surface area is 151 Å². The van der Waals surface area contributed by atoms with E-state index in [1.807, 2.05) is 12.1 Å². The summed E-state index contributed by atoms with van der Waals surface area (Å²) in [6.45, 7) is 1.14. The van der Waals surface area contributed by atoms with Crippen LogP contribution in [0.5, 0.6) is 23.0 Å². The molecule has 0 saturated carbocycles. The lowest BCUT2D eigenvalue weighted by Gasteiger charge is -2.18. The number of benzene rings is 2. The molecule has 0 spiro atoms. The van der Waals surface area contributed by atoms with Gasteiger partial charge < -0.3 is 29.2 Å². The van der Waals surface area contributed by atoms with Crippen LogP contribution in [0.15, 0.2) is 36.4 Å². The van der Waals surface area contributed by atoms with Crippen molar-refractivity contribution < 1.29 is 29.2 Å². The zero-order valence-corrected chi connectivity index (χ0v) is 14.7. The van der Waals surface area contributed by atoms with Gasteiger partial charge in [-0.25, -0.2) is 0 Å². The van der Waals surface area contributed by atoms with E-state index in [1.54, 1.807) is 24.3 Å². The third-order valence-electron chi connectivity index (χ3n) is 5.33. The molecule has 6 nitrogen and oxygen atoms in total. The number of hydrogen-bond acceptors (Lipinski definition) is 6. The number of fused-ring (bicyclic) bond motifs is 1. The molecule has 2 N–H and O–H groups in total. The maximum absolute atomic E-state index is 10.1. The Kier molecular flexibility index (Phi) is 4.38. The average Bonchev–Trinajstić information content (AvgIpc) is 3.23. The molecule has 0 aromatic heterocycles. The van der Waals surface area contributed by atoms with Crippen LogP contribution >= 0.6 is 0 Å². The van der Waals surface area contributed by atoms with Crippen molar-refractivity contribution in [3.63, 3.8) is 0 Å². The Bertz CT molecular complexity index is 737. The molecule has 4 rings (SSSR count). The number of rotatable bonds is 4. The molecular weight excluding hydrogens is 336 g/mol. The van der Waals surface area contributed by atoms with Gasteiger partial charge in [-0.15, -0.1) is 0 Å². The first-order valence-electron chi connectivity index (χ1n) is 8.59. The number of phenolic OH excluding ortho intramolecular Hbond substituents is 2. The van der Waals surface area contributed by atoms with Crippen molar-refractivity contribution in [3.05, 3.63) is 47.5 Å². The molecule has 0 bridgehead atoms. The highest BCUT2D eigenvalue weighted by Crippen LogP contribution is 2.51. The van der Waals surface area contributed by atoms with Gasteiger partial charge in [-0.2, -0.15) is 0 Å². The largest absolute Gasteiger partial charge is 0.504 e. The van der Waals surface area contributed by atoms with E-state index in [4.69, 9.17) is 18.9 Å². The van der Waals surface area contributed by atoms with Gasteiger partial charge in [0.15, 0.2) is 23.0 Å². The SMILES string of the molecule is COc1ccc([C@H]2OC[C@@H]3[C@@H]2CO[C@H]3c2ccc(OC)c(O)c2)cc1O. The number of methoxy groups -OCH3 is 2.